The number of hydrogen-bond donors (Lipinski definition) is 0. The Kier molecular flexibility index (Phi) is 5.11. The van der Waals surface area contributed by atoms with Gasteiger partial charge in [-0.15, -0.1) is 0 Å². The van der Waals surface area contributed by atoms with Crippen LogP contribution in [0.25, 0.3) is 32.9 Å². The lowest BCUT2D eigenvalue weighted by molar-refractivity contribution is 0.602. The molecule has 0 saturated carbocycles. The molecule has 0 aliphatic carbocycles. The fourth-order valence-corrected chi connectivity index (χ4v) is 4.98. The molecule has 0 N–H and O–H groups in total. The van der Waals surface area contributed by atoms with E-state index in [1.54, 1.807) is 24.3 Å². The van der Waals surface area contributed by atoms with Gasteiger partial charge in [0, 0.05) is 47.5 Å². The molecule has 30 heavy (non-hydrogen) atoms. The van der Waals surface area contributed by atoms with Crippen molar-refractivity contribution in [3.8, 4) is 11.3 Å². The monoisotopic (exact) mass is 437 g/mol. The van der Waals surface area contributed by atoms with Crippen LogP contribution in [-0.2, 0) is 31.2 Å². The van der Waals surface area contributed by atoms with Crippen molar-refractivity contribution in [3.63, 3.8) is 0 Å². The number of aromatic nitrogens is 1. The molecule has 4 rings (SSSR count). The van der Waals surface area contributed by atoms with Crippen LogP contribution in [0, 0.1) is 12.5 Å². The smallest absolute Gasteiger partial charge is 0.0788 e. The molecule has 0 atom stereocenters. The highest BCUT2D eigenvalue weighted by Gasteiger charge is 2.13. The van der Waals surface area contributed by atoms with Gasteiger partial charge in [-0.3, -0.25) is 16.8 Å². The van der Waals surface area contributed by atoms with E-state index >= 15 is 0 Å². The second kappa shape index (κ2) is 7.49. The summed E-state index contributed by atoms with van der Waals surface area (Å²) in [4.78, 5) is 4.82. The average Bonchev–Trinajstić information content (AvgIpc) is 2.65. The van der Waals surface area contributed by atoms with Crippen molar-refractivity contribution in [3.05, 3.63) is 90.4 Å². The van der Waals surface area contributed by atoms with E-state index in [-0.39, 0.29) is 11.5 Å². The fourth-order valence-electron chi connectivity index (χ4n) is 3.60. The van der Waals surface area contributed by atoms with E-state index < -0.39 is 19.7 Å². The number of sulfone groups is 2. The summed E-state index contributed by atoms with van der Waals surface area (Å²) in [6.45, 7) is 0. The topological polar surface area (TPSA) is 81.2 Å². The molecule has 5 nitrogen and oxygen atoms in total. The maximum atomic E-state index is 11.7. The number of hydrogen-bond acceptors (Lipinski definition) is 5. The van der Waals surface area contributed by atoms with Crippen molar-refractivity contribution in [2.45, 2.75) is 11.5 Å². The molecule has 0 fully saturated rings. The minimum Gasteiger partial charge on any atom is -0.262 e. The lowest BCUT2D eigenvalue weighted by Gasteiger charge is -2.13. The lowest BCUT2D eigenvalue weighted by atomic mass is 9.98. The van der Waals surface area contributed by atoms with Crippen LogP contribution < -0.4 is 0 Å². The first-order chi connectivity index (χ1) is 14.1. The number of nitrogens with zero attached hydrogens (tertiary/aromatic N) is 1. The van der Waals surface area contributed by atoms with E-state index in [2.05, 4.69) is 12.5 Å². The van der Waals surface area contributed by atoms with Crippen LogP contribution in [-0.4, -0.2) is 21.8 Å². The quantitative estimate of drug-likeness (QED) is 0.340. The summed E-state index contributed by atoms with van der Waals surface area (Å²) in [7, 11) is -6.89. The number of pyridine rings is 1. The van der Waals surface area contributed by atoms with Gasteiger partial charge in [0.25, 0.3) is 0 Å². The zero-order valence-corrected chi connectivity index (χ0v) is 17.7. The Hall–Kier alpha value is -2.77. The minimum atomic E-state index is -3.45. The Morgan fingerprint density at radius 2 is 1.23 bits per heavy atom. The van der Waals surface area contributed by atoms with Crippen LogP contribution in [0.3, 0.4) is 0 Å². The molecule has 1 heterocycles. The van der Waals surface area contributed by atoms with Crippen molar-refractivity contribution >= 4 is 41.3 Å². The molecule has 3 aromatic carbocycles. The summed E-state index contributed by atoms with van der Waals surface area (Å²) in [5, 5.41) is 2.42. The van der Waals surface area contributed by atoms with Gasteiger partial charge in [-0.1, -0.05) is 48.5 Å². The van der Waals surface area contributed by atoms with E-state index in [1.165, 1.54) is 0 Å². The number of fused-ring (bicyclic) bond motifs is 3. The maximum Gasteiger partial charge on any atom is 0.0788 e. The first-order valence-corrected chi connectivity index (χ1v) is 12.8. The van der Waals surface area contributed by atoms with Crippen molar-refractivity contribution in [1.29, 1.82) is 0 Å². The van der Waals surface area contributed by atoms with Gasteiger partial charge < -0.3 is 0 Å². The highest BCUT2D eigenvalue weighted by molar-refractivity contribution is 7.92. The zero-order valence-electron chi connectivity index (χ0n) is 16.1. The van der Waals surface area contributed by atoms with E-state index in [1.807, 2.05) is 42.5 Å². The summed E-state index contributed by atoms with van der Waals surface area (Å²) in [5.41, 5.74) is 3.62. The summed E-state index contributed by atoms with van der Waals surface area (Å²) < 4.78 is 46.7. The van der Waals surface area contributed by atoms with Crippen LogP contribution in [0.5, 0.6) is 0 Å². The third-order valence-electron chi connectivity index (χ3n) is 4.74. The van der Waals surface area contributed by atoms with Crippen LogP contribution >= 0.6 is 0 Å². The Morgan fingerprint density at radius 3 is 1.83 bits per heavy atom. The first kappa shape index (κ1) is 20.5. The predicted molar refractivity (Wildman–Crippen MR) is 121 cm³/mol. The maximum absolute atomic E-state index is 11.7. The highest BCUT2D eigenvalue weighted by Crippen LogP contribution is 2.34. The number of benzene rings is 3. The van der Waals surface area contributed by atoms with Crippen LogP contribution in [0.15, 0.2) is 66.7 Å². The molecule has 154 valence electrons. The van der Waals surface area contributed by atoms with Gasteiger partial charge in [0.2, 0.25) is 0 Å². The van der Waals surface area contributed by atoms with Gasteiger partial charge in [-0.05, 0) is 34.7 Å². The van der Waals surface area contributed by atoms with E-state index in [0.717, 1.165) is 27.4 Å². The Labute approximate surface area is 176 Å². The molecule has 0 saturated heterocycles. The predicted octanol–water partition coefficient (Wildman–Crippen LogP) is 4.47. The molecule has 1 aromatic heterocycles. The van der Waals surface area contributed by atoms with Crippen molar-refractivity contribution in [2.75, 3.05) is 0 Å². The van der Waals surface area contributed by atoms with Crippen LogP contribution in [0.2, 0.25) is 0 Å². The molecule has 0 unspecified atom stereocenters. The first-order valence-electron chi connectivity index (χ1n) is 9.11. The average molecular weight is 438 g/mol. The van der Waals surface area contributed by atoms with Gasteiger partial charge in [-0.25, -0.2) is 17.5 Å². The van der Waals surface area contributed by atoms with Gasteiger partial charge >= 0.3 is 0 Å². The Morgan fingerprint density at radius 1 is 0.667 bits per heavy atom. The van der Waals surface area contributed by atoms with Gasteiger partial charge in [0.15, 0.2) is 0 Å². The van der Waals surface area contributed by atoms with Crippen molar-refractivity contribution in [1.82, 2.24) is 4.98 Å². The molecular formula is C23H19NO4S2-2. The zero-order chi connectivity index (χ0) is 21.5. The molecule has 0 spiro atoms. The summed E-state index contributed by atoms with van der Waals surface area (Å²) in [5.74, 6) is -0.363. The SMILES string of the molecule is [CH2-]S(=O)(=O)Cc1ccc2nc(-c3ccccc3)c3ccc(CS([CH2-])(=O)=O)cc3c2c1. The van der Waals surface area contributed by atoms with Crippen LogP contribution in [0.1, 0.15) is 11.1 Å². The Balaban J connectivity index is 2.04. The summed E-state index contributed by atoms with van der Waals surface area (Å²) in [6, 6.07) is 20.4. The third-order valence-corrected chi connectivity index (χ3v) is 6.29. The summed E-state index contributed by atoms with van der Waals surface area (Å²) in [6.07, 6.45) is 6.41. The third kappa shape index (κ3) is 4.52. The lowest BCUT2D eigenvalue weighted by Crippen LogP contribution is -2.00. The molecule has 0 aliphatic heterocycles. The van der Waals surface area contributed by atoms with Gasteiger partial charge in [0.1, 0.15) is 0 Å². The second-order valence-corrected chi connectivity index (χ2v) is 10.9. The fraction of sp³-hybridized carbons (Fsp3) is 0.0870. The standard InChI is InChI=1S/C23H19NO4S2/c1-29(25,26)14-16-8-10-19-20(12-16)21-13-17(15-30(2,27)28)9-11-22(21)24-23(19)18-6-4-3-5-7-18/h3-13H,1-2,14-15H2/q-2. The van der Waals surface area contributed by atoms with Crippen molar-refractivity contribution < 1.29 is 16.8 Å². The van der Waals surface area contributed by atoms with E-state index in [4.69, 9.17) is 4.98 Å². The largest absolute Gasteiger partial charge is 0.262 e. The number of rotatable bonds is 5. The molecule has 0 bridgehead atoms. The molecule has 0 aliphatic rings. The molecule has 4 aromatic rings. The van der Waals surface area contributed by atoms with E-state index in [0.29, 0.717) is 16.6 Å². The molecule has 7 heteroatoms. The Bertz CT molecular complexity index is 1480. The van der Waals surface area contributed by atoms with Gasteiger partial charge in [-0.2, -0.15) is 0 Å². The highest BCUT2D eigenvalue weighted by atomic mass is 32.2. The molecule has 0 radical (unpaired) electrons. The molecular weight excluding hydrogens is 418 g/mol. The normalized spacial score (nSPS) is 12.5. The van der Waals surface area contributed by atoms with E-state index in [9.17, 15) is 16.8 Å². The van der Waals surface area contributed by atoms with Crippen molar-refractivity contribution in [2.24, 2.45) is 0 Å². The second-order valence-electron chi connectivity index (χ2n) is 7.33. The van der Waals surface area contributed by atoms with Gasteiger partial charge in [0.05, 0.1) is 11.2 Å². The van der Waals surface area contributed by atoms with Crippen LogP contribution in [0.4, 0.5) is 0 Å². The summed E-state index contributed by atoms with van der Waals surface area (Å²) >= 11 is 0. The minimum absolute atomic E-state index is 0.180. The molecule has 0 amide bonds.